The van der Waals surface area contributed by atoms with Crippen LogP contribution in [0.4, 0.5) is 4.39 Å². The average Bonchev–Trinajstić information content (AvgIpc) is 3.03. The highest BCUT2D eigenvalue weighted by molar-refractivity contribution is 5.91. The summed E-state index contributed by atoms with van der Waals surface area (Å²) >= 11 is 0. The van der Waals surface area contributed by atoms with Crippen LogP contribution in [-0.4, -0.2) is 53.5 Å². The molecule has 7 heteroatoms. The Hall–Kier alpha value is -3.32. The van der Waals surface area contributed by atoms with E-state index in [1.54, 1.807) is 37.1 Å². The number of halogens is 1. The molecule has 1 N–H and O–H groups in total. The number of hydrogen-bond acceptors (Lipinski definition) is 4. The van der Waals surface area contributed by atoms with E-state index in [0.717, 1.165) is 17.2 Å². The number of nitrogens with zero attached hydrogens (tertiary/aromatic N) is 2. The Balaban J connectivity index is 1.39. The maximum absolute atomic E-state index is 13.4. The van der Waals surface area contributed by atoms with Gasteiger partial charge in [-0.15, -0.1) is 0 Å². The Labute approximate surface area is 199 Å². The molecule has 0 unspecified atom stereocenters. The minimum absolute atomic E-state index is 0.0116. The Morgan fingerprint density at radius 3 is 2.82 bits per heavy atom. The van der Waals surface area contributed by atoms with Crippen molar-refractivity contribution >= 4 is 22.6 Å². The molecule has 2 amide bonds. The highest BCUT2D eigenvalue weighted by Crippen LogP contribution is 2.20. The van der Waals surface area contributed by atoms with Crippen molar-refractivity contribution < 1.29 is 18.7 Å². The molecule has 1 aliphatic rings. The first kappa shape index (κ1) is 23.8. The van der Waals surface area contributed by atoms with Crippen molar-refractivity contribution in [2.45, 2.75) is 32.2 Å². The number of benzene rings is 2. The van der Waals surface area contributed by atoms with Gasteiger partial charge in [-0.1, -0.05) is 30.3 Å². The van der Waals surface area contributed by atoms with E-state index in [1.165, 1.54) is 17.7 Å². The van der Waals surface area contributed by atoms with Crippen LogP contribution >= 0.6 is 0 Å². The third-order valence-electron chi connectivity index (χ3n) is 6.09. The van der Waals surface area contributed by atoms with Crippen LogP contribution in [0.2, 0.25) is 0 Å². The molecule has 0 radical (unpaired) electrons. The number of ether oxygens (including phenoxy) is 1. The number of pyridine rings is 1. The van der Waals surface area contributed by atoms with Crippen molar-refractivity contribution in [1.82, 2.24) is 15.2 Å². The summed E-state index contributed by atoms with van der Waals surface area (Å²) in [5, 5.41) is 5.06. The fourth-order valence-electron chi connectivity index (χ4n) is 4.46. The number of hydrogen-bond donors (Lipinski definition) is 1. The minimum atomic E-state index is -1.09. The smallest absolute Gasteiger partial charge is 0.247 e. The lowest BCUT2D eigenvalue weighted by molar-refractivity contribution is -0.140. The van der Waals surface area contributed by atoms with Gasteiger partial charge in [-0.3, -0.25) is 14.6 Å². The number of nitrogens with one attached hydrogen (secondary N) is 1. The standard InChI is InChI=1S/C27H30FN3O3/c1-27(2,30-25(32)15-19-4-3-5-24(28)14-19)26(33)31-10-11-34-18-21(17-31)12-20-6-7-23-16-29-9-8-22(23)13-20/h3-9,13-14,16,21H,10-12,15,17-18H2,1-2H3,(H,30,32)/t21-/m1/s1. The zero-order valence-electron chi connectivity index (χ0n) is 19.6. The van der Waals surface area contributed by atoms with E-state index in [4.69, 9.17) is 4.74 Å². The van der Waals surface area contributed by atoms with E-state index in [0.29, 0.717) is 31.9 Å². The highest BCUT2D eigenvalue weighted by atomic mass is 19.1. The lowest BCUT2D eigenvalue weighted by Crippen LogP contribution is -2.57. The topological polar surface area (TPSA) is 71.5 Å². The molecule has 0 saturated carbocycles. The first-order chi connectivity index (χ1) is 16.3. The first-order valence-electron chi connectivity index (χ1n) is 11.6. The van der Waals surface area contributed by atoms with Crippen LogP contribution in [0.3, 0.4) is 0 Å². The second-order valence-corrected chi connectivity index (χ2v) is 9.43. The van der Waals surface area contributed by atoms with Gasteiger partial charge >= 0.3 is 0 Å². The summed E-state index contributed by atoms with van der Waals surface area (Å²) < 4.78 is 19.2. The van der Waals surface area contributed by atoms with Gasteiger partial charge in [0.25, 0.3) is 0 Å². The molecule has 0 aliphatic carbocycles. The number of carbonyl (C=O) groups is 2. The minimum Gasteiger partial charge on any atom is -0.379 e. The van der Waals surface area contributed by atoms with Crippen molar-refractivity contribution in [2.75, 3.05) is 26.3 Å². The second-order valence-electron chi connectivity index (χ2n) is 9.43. The molecule has 1 atom stereocenters. The largest absolute Gasteiger partial charge is 0.379 e. The fourth-order valence-corrected chi connectivity index (χ4v) is 4.46. The molecule has 6 nitrogen and oxygen atoms in total. The molecule has 3 aromatic rings. The molecule has 34 heavy (non-hydrogen) atoms. The number of amides is 2. The van der Waals surface area contributed by atoms with Gasteiger partial charge in [0.05, 0.1) is 19.6 Å². The summed E-state index contributed by atoms with van der Waals surface area (Å²) in [6, 6.07) is 14.2. The predicted molar refractivity (Wildman–Crippen MR) is 129 cm³/mol. The van der Waals surface area contributed by atoms with E-state index in [-0.39, 0.29) is 30.0 Å². The second kappa shape index (κ2) is 10.3. The fraction of sp³-hybridized carbons (Fsp3) is 0.370. The van der Waals surface area contributed by atoms with E-state index in [1.807, 2.05) is 12.3 Å². The van der Waals surface area contributed by atoms with Gasteiger partial charge in [0, 0.05) is 36.8 Å². The normalized spacial score (nSPS) is 16.8. The Kier molecular flexibility index (Phi) is 7.22. The van der Waals surface area contributed by atoms with Gasteiger partial charge in [0.15, 0.2) is 0 Å². The van der Waals surface area contributed by atoms with Crippen LogP contribution in [0, 0.1) is 11.7 Å². The van der Waals surface area contributed by atoms with Crippen molar-refractivity contribution in [1.29, 1.82) is 0 Å². The number of rotatable bonds is 6. The van der Waals surface area contributed by atoms with Crippen molar-refractivity contribution in [3.05, 3.63) is 77.9 Å². The van der Waals surface area contributed by atoms with Gasteiger partial charge in [0.2, 0.25) is 11.8 Å². The average molecular weight is 464 g/mol. The summed E-state index contributed by atoms with van der Waals surface area (Å²) in [6.45, 7) is 5.47. The van der Waals surface area contributed by atoms with Crippen LogP contribution < -0.4 is 5.32 Å². The van der Waals surface area contributed by atoms with Crippen LogP contribution in [0.15, 0.2) is 60.9 Å². The van der Waals surface area contributed by atoms with Gasteiger partial charge in [-0.25, -0.2) is 4.39 Å². The lowest BCUT2D eigenvalue weighted by atomic mass is 9.96. The van der Waals surface area contributed by atoms with E-state index < -0.39 is 5.54 Å². The van der Waals surface area contributed by atoms with Gasteiger partial charge in [-0.05, 0) is 55.0 Å². The Bertz CT molecular complexity index is 1180. The summed E-state index contributed by atoms with van der Waals surface area (Å²) in [4.78, 5) is 31.9. The van der Waals surface area contributed by atoms with Crippen molar-refractivity contribution in [3.63, 3.8) is 0 Å². The molecule has 1 fully saturated rings. The number of carbonyl (C=O) groups excluding carboxylic acids is 2. The SMILES string of the molecule is CC(C)(NC(=O)Cc1cccc(F)c1)C(=O)N1CCOC[C@H](Cc2ccc3cnccc3c2)C1. The van der Waals surface area contributed by atoms with Gasteiger partial charge in [0.1, 0.15) is 11.4 Å². The van der Waals surface area contributed by atoms with Gasteiger partial charge < -0.3 is 15.0 Å². The van der Waals surface area contributed by atoms with Crippen molar-refractivity contribution in [3.8, 4) is 0 Å². The van der Waals surface area contributed by atoms with Crippen LogP contribution in [0.5, 0.6) is 0 Å². The van der Waals surface area contributed by atoms with Crippen LogP contribution in [0.25, 0.3) is 10.8 Å². The van der Waals surface area contributed by atoms with E-state index >= 15 is 0 Å². The first-order valence-corrected chi connectivity index (χ1v) is 11.6. The summed E-state index contributed by atoms with van der Waals surface area (Å²) in [5.74, 6) is -0.721. The summed E-state index contributed by atoms with van der Waals surface area (Å²) in [7, 11) is 0. The molecule has 0 spiro atoms. The summed E-state index contributed by atoms with van der Waals surface area (Å²) in [5.41, 5.74) is 0.661. The highest BCUT2D eigenvalue weighted by Gasteiger charge is 2.35. The predicted octanol–water partition coefficient (Wildman–Crippen LogP) is 3.53. The van der Waals surface area contributed by atoms with Gasteiger partial charge in [-0.2, -0.15) is 0 Å². The summed E-state index contributed by atoms with van der Waals surface area (Å²) in [6.07, 6.45) is 4.43. The molecule has 2 aromatic carbocycles. The molecule has 0 bridgehead atoms. The maximum Gasteiger partial charge on any atom is 0.247 e. The molecular formula is C27H30FN3O3. The molecule has 2 heterocycles. The third kappa shape index (κ3) is 5.97. The van der Waals surface area contributed by atoms with Crippen LogP contribution in [-0.2, 0) is 27.2 Å². The third-order valence-corrected chi connectivity index (χ3v) is 6.09. The van der Waals surface area contributed by atoms with E-state index in [9.17, 15) is 14.0 Å². The van der Waals surface area contributed by atoms with Crippen LogP contribution in [0.1, 0.15) is 25.0 Å². The monoisotopic (exact) mass is 463 g/mol. The Morgan fingerprint density at radius 2 is 2.00 bits per heavy atom. The zero-order valence-corrected chi connectivity index (χ0v) is 19.6. The lowest BCUT2D eigenvalue weighted by Gasteiger charge is -2.33. The molecule has 1 aliphatic heterocycles. The van der Waals surface area contributed by atoms with E-state index in [2.05, 4.69) is 28.5 Å². The number of fused-ring (bicyclic) bond motifs is 1. The number of aromatic nitrogens is 1. The Morgan fingerprint density at radius 1 is 1.15 bits per heavy atom. The zero-order chi connectivity index (χ0) is 24.1. The molecule has 1 saturated heterocycles. The molecule has 1 aromatic heterocycles. The quantitative estimate of drug-likeness (QED) is 0.607. The molecular weight excluding hydrogens is 433 g/mol. The maximum atomic E-state index is 13.4. The molecule has 178 valence electrons. The molecule has 4 rings (SSSR count). The van der Waals surface area contributed by atoms with Crippen molar-refractivity contribution in [2.24, 2.45) is 5.92 Å².